The highest BCUT2D eigenvalue weighted by molar-refractivity contribution is 7.17. The Bertz CT molecular complexity index is 824. The number of halogens is 1. The number of hydrogen-bond donors (Lipinski definition) is 3. The van der Waals surface area contributed by atoms with Crippen LogP contribution in [0.1, 0.15) is 9.67 Å². The van der Waals surface area contributed by atoms with Crippen molar-refractivity contribution in [3.05, 3.63) is 45.6 Å². The van der Waals surface area contributed by atoms with Gasteiger partial charge in [-0.2, -0.15) is 0 Å². The summed E-state index contributed by atoms with van der Waals surface area (Å²) in [5, 5.41) is 11.2. The smallest absolute Gasteiger partial charge is 0.414 e. The molecule has 1 aliphatic rings. The van der Waals surface area contributed by atoms with Gasteiger partial charge in [-0.15, -0.1) is 11.3 Å². The van der Waals surface area contributed by atoms with E-state index >= 15 is 0 Å². The lowest BCUT2D eigenvalue weighted by molar-refractivity contribution is 0.0920. The fourth-order valence-electron chi connectivity index (χ4n) is 2.39. The number of thiophene rings is 1. The molecule has 1 aliphatic heterocycles. The summed E-state index contributed by atoms with van der Waals surface area (Å²) in [4.78, 5) is 30.0. The predicted octanol–water partition coefficient (Wildman–Crippen LogP) is 2.80. The van der Waals surface area contributed by atoms with Crippen LogP contribution in [0, 0.1) is 0 Å². The highest BCUT2D eigenvalue weighted by atomic mass is 35.5. The lowest BCUT2D eigenvalue weighted by Crippen LogP contribution is -2.34. The molecule has 3 N–H and O–H groups in total. The second-order valence-corrected chi connectivity index (χ2v) is 7.05. The maximum Gasteiger partial charge on any atom is 0.414 e. The zero-order valence-corrected chi connectivity index (χ0v) is 15.0. The van der Waals surface area contributed by atoms with Gasteiger partial charge in [-0.25, -0.2) is 9.79 Å². The highest BCUT2D eigenvalue weighted by Gasteiger charge is 2.32. The minimum Gasteiger partial charge on any atom is -0.442 e. The molecule has 1 atom stereocenters. The van der Waals surface area contributed by atoms with E-state index in [0.717, 1.165) is 6.34 Å². The summed E-state index contributed by atoms with van der Waals surface area (Å²) in [7, 11) is 0. The van der Waals surface area contributed by atoms with Gasteiger partial charge in [-0.05, 0) is 36.4 Å². The van der Waals surface area contributed by atoms with Crippen molar-refractivity contribution < 1.29 is 19.5 Å². The molecule has 1 saturated heterocycles. The van der Waals surface area contributed by atoms with Crippen molar-refractivity contribution in [3.8, 4) is 0 Å². The van der Waals surface area contributed by atoms with Gasteiger partial charge in [-0.3, -0.25) is 20.4 Å². The van der Waals surface area contributed by atoms with E-state index in [0.29, 0.717) is 27.1 Å². The highest BCUT2D eigenvalue weighted by Crippen LogP contribution is 2.24. The first kappa shape index (κ1) is 18.2. The summed E-state index contributed by atoms with van der Waals surface area (Å²) in [5.41, 5.74) is 3.09. The maximum atomic E-state index is 12.1. The number of hydroxylamine groups is 1. The molecular weight excluding hydrogens is 380 g/mol. The Labute approximate surface area is 158 Å². The summed E-state index contributed by atoms with van der Waals surface area (Å²) < 4.78 is 5.83. The van der Waals surface area contributed by atoms with E-state index in [1.54, 1.807) is 36.4 Å². The molecule has 1 aromatic carbocycles. The molecule has 1 aromatic heterocycles. The van der Waals surface area contributed by atoms with Gasteiger partial charge in [0.2, 0.25) is 0 Å². The summed E-state index contributed by atoms with van der Waals surface area (Å²) in [6.45, 7) is 0.534. The SMILES string of the molecule is O=C(NC[C@H]1CN(c2ccc(N=CNO)cc2)C(=O)O1)c1ccc(Cl)s1. The number of rotatable bonds is 6. The normalized spacial score (nSPS) is 16.8. The predicted molar refractivity (Wildman–Crippen MR) is 98.8 cm³/mol. The molecule has 136 valence electrons. The average molecular weight is 395 g/mol. The summed E-state index contributed by atoms with van der Waals surface area (Å²) in [6.07, 6.45) is 0.216. The Morgan fingerprint density at radius 2 is 2.15 bits per heavy atom. The van der Waals surface area contributed by atoms with Crippen LogP contribution in [0.5, 0.6) is 0 Å². The average Bonchev–Trinajstić information content (AvgIpc) is 3.24. The zero-order valence-electron chi connectivity index (χ0n) is 13.4. The number of benzene rings is 1. The lowest BCUT2D eigenvalue weighted by Gasteiger charge is -2.13. The molecule has 2 amide bonds. The van der Waals surface area contributed by atoms with Crippen LogP contribution in [0.25, 0.3) is 0 Å². The van der Waals surface area contributed by atoms with Gasteiger partial charge in [0.25, 0.3) is 5.91 Å². The molecule has 10 heteroatoms. The van der Waals surface area contributed by atoms with E-state index in [1.165, 1.54) is 16.2 Å². The molecular formula is C16H15ClN4O4S. The molecule has 3 rings (SSSR count). The Hall–Kier alpha value is -2.62. The molecule has 0 spiro atoms. The van der Waals surface area contributed by atoms with Gasteiger partial charge in [-0.1, -0.05) is 11.6 Å². The standard InChI is InChI=1S/C16H15ClN4O4S/c17-14-6-5-13(26-14)15(22)18-7-12-8-21(16(23)25-12)11-3-1-10(2-4-11)19-9-20-24/h1-6,9,12,24H,7-8H2,(H,18,22)(H,19,20)/t12-/m0/s1. The first-order valence-electron chi connectivity index (χ1n) is 7.60. The van der Waals surface area contributed by atoms with Crippen LogP contribution < -0.4 is 15.7 Å². The monoisotopic (exact) mass is 394 g/mol. The Balaban J connectivity index is 1.56. The van der Waals surface area contributed by atoms with Crippen LogP contribution in [0.3, 0.4) is 0 Å². The van der Waals surface area contributed by atoms with Crippen LogP contribution in [0.15, 0.2) is 41.4 Å². The van der Waals surface area contributed by atoms with Gasteiger partial charge in [0.05, 0.1) is 28.0 Å². The fourth-order valence-corrected chi connectivity index (χ4v) is 3.35. The molecule has 0 saturated carbocycles. The summed E-state index contributed by atoms with van der Waals surface area (Å²) >= 11 is 7.00. The molecule has 0 aliphatic carbocycles. The third kappa shape index (κ3) is 4.31. The number of nitrogens with zero attached hydrogens (tertiary/aromatic N) is 2. The van der Waals surface area contributed by atoms with Crippen molar-refractivity contribution in [2.45, 2.75) is 6.10 Å². The molecule has 26 heavy (non-hydrogen) atoms. The van der Waals surface area contributed by atoms with Crippen LogP contribution in [-0.2, 0) is 4.74 Å². The number of carbonyl (C=O) groups excluding carboxylic acids is 2. The van der Waals surface area contributed by atoms with Crippen molar-refractivity contribution in [1.82, 2.24) is 10.8 Å². The molecule has 0 bridgehead atoms. The van der Waals surface area contributed by atoms with Crippen molar-refractivity contribution in [3.63, 3.8) is 0 Å². The van der Waals surface area contributed by atoms with E-state index in [9.17, 15) is 9.59 Å². The molecule has 2 aromatic rings. The van der Waals surface area contributed by atoms with Crippen LogP contribution in [0.4, 0.5) is 16.2 Å². The summed E-state index contributed by atoms with van der Waals surface area (Å²) in [6, 6.07) is 10.1. The fraction of sp³-hybridized carbons (Fsp3) is 0.188. The topological polar surface area (TPSA) is 103 Å². The van der Waals surface area contributed by atoms with Gasteiger partial charge in [0, 0.05) is 5.69 Å². The first-order valence-corrected chi connectivity index (χ1v) is 8.80. The second-order valence-electron chi connectivity index (χ2n) is 5.33. The van der Waals surface area contributed by atoms with Crippen LogP contribution in [0.2, 0.25) is 4.34 Å². The van der Waals surface area contributed by atoms with Crippen molar-refractivity contribution >= 4 is 52.7 Å². The third-order valence-corrected chi connectivity index (χ3v) is 4.82. The number of carbonyl (C=O) groups is 2. The summed E-state index contributed by atoms with van der Waals surface area (Å²) in [5.74, 6) is -0.254. The maximum absolute atomic E-state index is 12.1. The van der Waals surface area contributed by atoms with Gasteiger partial charge >= 0.3 is 6.09 Å². The third-order valence-electron chi connectivity index (χ3n) is 3.59. The van der Waals surface area contributed by atoms with Crippen molar-refractivity contribution in [1.29, 1.82) is 0 Å². The van der Waals surface area contributed by atoms with E-state index < -0.39 is 12.2 Å². The van der Waals surface area contributed by atoms with Crippen LogP contribution >= 0.6 is 22.9 Å². The minimum atomic E-state index is -0.475. The molecule has 0 radical (unpaired) electrons. The van der Waals surface area contributed by atoms with E-state index in [4.69, 9.17) is 21.5 Å². The Morgan fingerprint density at radius 1 is 1.38 bits per heavy atom. The number of cyclic esters (lactones) is 1. The van der Waals surface area contributed by atoms with Gasteiger partial charge in [0.1, 0.15) is 12.4 Å². The molecule has 8 nitrogen and oxygen atoms in total. The first-order chi connectivity index (χ1) is 12.6. The number of ether oxygens (including phenoxy) is 1. The van der Waals surface area contributed by atoms with E-state index in [-0.39, 0.29) is 12.5 Å². The number of amides is 2. The molecule has 2 heterocycles. The number of nitrogens with one attached hydrogen (secondary N) is 2. The van der Waals surface area contributed by atoms with Gasteiger partial charge < -0.3 is 10.1 Å². The molecule has 1 fully saturated rings. The molecule has 0 unspecified atom stereocenters. The van der Waals surface area contributed by atoms with Gasteiger partial charge in [0.15, 0.2) is 0 Å². The number of anilines is 1. The minimum absolute atomic E-state index is 0.209. The zero-order chi connectivity index (χ0) is 18.5. The van der Waals surface area contributed by atoms with Crippen LogP contribution in [-0.4, -0.2) is 42.7 Å². The van der Waals surface area contributed by atoms with E-state index in [1.807, 2.05) is 5.48 Å². The number of hydrogen-bond acceptors (Lipinski definition) is 6. The second kappa shape index (κ2) is 8.17. The quantitative estimate of drug-likeness (QED) is 0.397. The lowest BCUT2D eigenvalue weighted by atomic mass is 10.2. The Kier molecular flexibility index (Phi) is 5.71. The van der Waals surface area contributed by atoms with E-state index in [2.05, 4.69) is 10.3 Å². The largest absolute Gasteiger partial charge is 0.442 e. The van der Waals surface area contributed by atoms with Crippen molar-refractivity contribution in [2.24, 2.45) is 4.99 Å². The van der Waals surface area contributed by atoms with Crippen molar-refractivity contribution in [2.75, 3.05) is 18.0 Å². The number of aliphatic imine (C=N–C) groups is 1. The Morgan fingerprint density at radius 3 is 2.81 bits per heavy atom.